The monoisotopic (exact) mass is 291 g/mol. The van der Waals surface area contributed by atoms with Gasteiger partial charge in [0.2, 0.25) is 4.77 Å². The van der Waals surface area contributed by atoms with E-state index < -0.39 is 0 Å². The number of hydrogen-bond acceptors (Lipinski definition) is 3. The highest BCUT2D eigenvalue weighted by atomic mass is 32.1. The average Bonchev–Trinajstić information content (AvgIpc) is 2.80. The summed E-state index contributed by atoms with van der Waals surface area (Å²) in [5.74, 6) is 1.39. The second-order valence-corrected chi connectivity index (χ2v) is 5.81. The van der Waals surface area contributed by atoms with E-state index >= 15 is 0 Å². The molecule has 5 heteroatoms. The summed E-state index contributed by atoms with van der Waals surface area (Å²) in [4.78, 5) is 4.07. The van der Waals surface area contributed by atoms with Crippen molar-refractivity contribution in [2.45, 2.75) is 40.3 Å². The van der Waals surface area contributed by atoms with Crippen LogP contribution in [-0.2, 0) is 0 Å². The van der Waals surface area contributed by atoms with Crippen LogP contribution in [0.2, 0.25) is 0 Å². The quantitative estimate of drug-likeness (QED) is 0.840. The minimum atomic E-state index is -0.162. The van der Waals surface area contributed by atoms with Crippen LogP contribution in [0.1, 0.15) is 37.6 Å². The molecule has 0 aliphatic rings. The third kappa shape index (κ3) is 3.28. The van der Waals surface area contributed by atoms with Gasteiger partial charge in [-0.2, -0.15) is 0 Å². The lowest BCUT2D eigenvalue weighted by atomic mass is 10.1. The highest BCUT2D eigenvalue weighted by molar-refractivity contribution is 7.71. The number of nitrogens with one attached hydrogen (secondary N) is 1. The fraction of sp³-hybridized carbons (Fsp3) is 0.467. The molecule has 1 unspecified atom stereocenters. The molecule has 2 rings (SSSR count). The van der Waals surface area contributed by atoms with Crippen molar-refractivity contribution >= 4 is 12.2 Å². The number of ether oxygens (including phenoxy) is 1. The van der Waals surface area contributed by atoms with Gasteiger partial charge in [-0.05, 0) is 49.2 Å². The summed E-state index contributed by atoms with van der Waals surface area (Å²) in [5, 5.41) is 3.04. The molecule has 1 atom stereocenters. The van der Waals surface area contributed by atoms with Crippen molar-refractivity contribution < 1.29 is 4.74 Å². The zero-order valence-electron chi connectivity index (χ0n) is 12.4. The number of H-pyrrole nitrogens is 1. The van der Waals surface area contributed by atoms with E-state index in [1.807, 2.05) is 12.1 Å². The largest absolute Gasteiger partial charge is 0.468 e. The minimum absolute atomic E-state index is 0.162. The van der Waals surface area contributed by atoms with E-state index in [0.717, 1.165) is 17.7 Å². The van der Waals surface area contributed by atoms with Gasteiger partial charge < -0.3 is 4.74 Å². The Kier molecular flexibility index (Phi) is 4.60. The summed E-state index contributed by atoms with van der Waals surface area (Å²) in [6.45, 7) is 8.49. The molecule has 1 heterocycles. The highest BCUT2D eigenvalue weighted by Gasteiger charge is 2.17. The second-order valence-electron chi connectivity index (χ2n) is 5.44. The molecule has 0 amide bonds. The van der Waals surface area contributed by atoms with Crippen molar-refractivity contribution in [2.75, 3.05) is 0 Å². The average molecular weight is 291 g/mol. The van der Waals surface area contributed by atoms with Crippen LogP contribution >= 0.6 is 12.2 Å². The van der Waals surface area contributed by atoms with Gasteiger partial charge in [0.05, 0.1) is 0 Å². The van der Waals surface area contributed by atoms with E-state index in [-0.39, 0.29) is 6.23 Å². The molecule has 108 valence electrons. The van der Waals surface area contributed by atoms with E-state index in [9.17, 15) is 0 Å². The number of benzene rings is 1. The Morgan fingerprint density at radius 1 is 1.35 bits per heavy atom. The summed E-state index contributed by atoms with van der Waals surface area (Å²) in [5.41, 5.74) is 2.38. The SMILES string of the molecule is Cc1cccc(OC(CC(C)C)n2[nH]cnc2=S)c1C. The first-order valence-corrected chi connectivity index (χ1v) is 7.24. The van der Waals surface area contributed by atoms with Crippen molar-refractivity contribution in [1.29, 1.82) is 0 Å². The molecular weight excluding hydrogens is 270 g/mol. The number of hydrogen-bond donors (Lipinski definition) is 1. The van der Waals surface area contributed by atoms with Crippen LogP contribution in [0, 0.1) is 24.5 Å². The zero-order valence-corrected chi connectivity index (χ0v) is 13.2. The van der Waals surface area contributed by atoms with Gasteiger partial charge in [0.25, 0.3) is 0 Å². The molecule has 20 heavy (non-hydrogen) atoms. The van der Waals surface area contributed by atoms with Gasteiger partial charge in [-0.3, -0.25) is 5.10 Å². The predicted molar refractivity (Wildman–Crippen MR) is 82.4 cm³/mol. The van der Waals surface area contributed by atoms with Gasteiger partial charge >= 0.3 is 0 Å². The molecule has 0 aliphatic carbocycles. The standard InChI is InChI=1S/C15H21N3OS/c1-10(2)8-14(18-15(20)16-9-17-18)19-13-7-5-6-11(3)12(13)4/h5-7,9-10,14H,8H2,1-4H3,(H,16,17,20). The molecule has 1 N–H and O–H groups in total. The molecule has 0 saturated heterocycles. The predicted octanol–water partition coefficient (Wildman–Crippen LogP) is 4.18. The van der Waals surface area contributed by atoms with Gasteiger partial charge in [0, 0.05) is 6.42 Å². The normalized spacial score (nSPS) is 12.7. The maximum Gasteiger partial charge on any atom is 0.219 e. The van der Waals surface area contributed by atoms with Crippen LogP contribution < -0.4 is 4.74 Å². The molecular formula is C15H21N3OS. The van der Waals surface area contributed by atoms with Crippen molar-refractivity contribution in [3.05, 3.63) is 40.4 Å². The topological polar surface area (TPSA) is 42.8 Å². The summed E-state index contributed by atoms with van der Waals surface area (Å²) >= 11 is 5.23. The fourth-order valence-electron chi connectivity index (χ4n) is 2.08. The fourth-order valence-corrected chi connectivity index (χ4v) is 2.30. The van der Waals surface area contributed by atoms with Crippen LogP contribution in [0.5, 0.6) is 5.75 Å². The smallest absolute Gasteiger partial charge is 0.219 e. The molecule has 0 bridgehead atoms. The van der Waals surface area contributed by atoms with Crippen LogP contribution in [-0.4, -0.2) is 14.8 Å². The number of nitrogens with zero attached hydrogens (tertiary/aromatic N) is 2. The molecule has 1 aromatic heterocycles. The lowest BCUT2D eigenvalue weighted by molar-refractivity contribution is 0.0919. The maximum atomic E-state index is 6.19. The Morgan fingerprint density at radius 3 is 2.70 bits per heavy atom. The van der Waals surface area contributed by atoms with E-state index in [1.54, 1.807) is 11.0 Å². The molecule has 0 radical (unpaired) electrons. The Balaban J connectivity index is 2.31. The van der Waals surface area contributed by atoms with Crippen LogP contribution in [0.15, 0.2) is 24.5 Å². The number of aromatic amines is 1. The Bertz CT molecular complexity index is 630. The third-order valence-corrected chi connectivity index (χ3v) is 3.66. The molecule has 0 saturated carbocycles. The maximum absolute atomic E-state index is 6.19. The summed E-state index contributed by atoms with van der Waals surface area (Å²) in [6, 6.07) is 6.09. The van der Waals surface area contributed by atoms with E-state index in [0.29, 0.717) is 10.7 Å². The molecule has 0 spiro atoms. The van der Waals surface area contributed by atoms with E-state index in [1.165, 1.54) is 5.56 Å². The minimum Gasteiger partial charge on any atom is -0.468 e. The Hall–Kier alpha value is -1.62. The van der Waals surface area contributed by atoms with Gasteiger partial charge in [0.1, 0.15) is 12.1 Å². The van der Waals surface area contributed by atoms with Crippen molar-refractivity contribution in [3.63, 3.8) is 0 Å². The first kappa shape index (κ1) is 14.8. The highest BCUT2D eigenvalue weighted by Crippen LogP contribution is 2.27. The van der Waals surface area contributed by atoms with Crippen molar-refractivity contribution in [1.82, 2.24) is 14.8 Å². The van der Waals surface area contributed by atoms with Crippen molar-refractivity contribution in [3.8, 4) is 5.75 Å². The van der Waals surface area contributed by atoms with E-state index in [2.05, 4.69) is 43.8 Å². The summed E-state index contributed by atoms with van der Waals surface area (Å²) in [6.07, 6.45) is 2.30. The second kappa shape index (κ2) is 6.22. The van der Waals surface area contributed by atoms with Gasteiger partial charge in [-0.25, -0.2) is 9.67 Å². The van der Waals surface area contributed by atoms with Crippen LogP contribution in [0.25, 0.3) is 0 Å². The molecule has 0 fully saturated rings. The first-order chi connectivity index (χ1) is 9.49. The van der Waals surface area contributed by atoms with Gasteiger partial charge in [0.15, 0.2) is 6.23 Å². The lowest BCUT2D eigenvalue weighted by Crippen LogP contribution is -2.20. The van der Waals surface area contributed by atoms with E-state index in [4.69, 9.17) is 17.0 Å². The Labute approximate surface area is 124 Å². The molecule has 2 aromatic rings. The summed E-state index contributed by atoms with van der Waals surface area (Å²) < 4.78 is 8.50. The van der Waals surface area contributed by atoms with Crippen molar-refractivity contribution in [2.24, 2.45) is 5.92 Å². The number of aromatic nitrogens is 3. The van der Waals surface area contributed by atoms with Gasteiger partial charge in [-0.1, -0.05) is 26.0 Å². The lowest BCUT2D eigenvalue weighted by Gasteiger charge is -2.23. The first-order valence-electron chi connectivity index (χ1n) is 6.84. The van der Waals surface area contributed by atoms with Gasteiger partial charge in [-0.15, -0.1) is 0 Å². The van der Waals surface area contributed by atoms with Crippen LogP contribution in [0.4, 0.5) is 0 Å². The van der Waals surface area contributed by atoms with Crippen LogP contribution in [0.3, 0.4) is 0 Å². The number of rotatable bonds is 5. The molecule has 0 aliphatic heterocycles. The Morgan fingerprint density at radius 2 is 2.10 bits per heavy atom. The molecule has 4 nitrogen and oxygen atoms in total. The third-order valence-electron chi connectivity index (χ3n) is 3.36. The summed E-state index contributed by atoms with van der Waals surface area (Å²) in [7, 11) is 0. The molecule has 1 aromatic carbocycles. The zero-order chi connectivity index (χ0) is 14.7. The number of aryl methyl sites for hydroxylation is 1.